The van der Waals surface area contributed by atoms with Crippen LogP contribution in [0.3, 0.4) is 0 Å². The van der Waals surface area contributed by atoms with Crippen molar-refractivity contribution in [1.82, 2.24) is 15.1 Å². The van der Waals surface area contributed by atoms with E-state index in [1.165, 1.54) is 11.1 Å². The zero-order valence-corrected chi connectivity index (χ0v) is 12.7. The van der Waals surface area contributed by atoms with Gasteiger partial charge >= 0.3 is 0 Å². The van der Waals surface area contributed by atoms with Crippen LogP contribution in [0.4, 0.5) is 0 Å². The Bertz CT molecular complexity index is 618. The van der Waals surface area contributed by atoms with Crippen LogP contribution in [0, 0.1) is 0 Å². The molecule has 0 amide bonds. The fraction of sp³-hybridized carbons (Fsp3) is 0.438. The zero-order chi connectivity index (χ0) is 14.1. The van der Waals surface area contributed by atoms with Crippen molar-refractivity contribution in [1.29, 1.82) is 0 Å². The highest BCUT2D eigenvalue weighted by Gasteiger charge is 2.23. The second kappa shape index (κ2) is 5.58. The molecule has 1 atom stereocenters. The van der Waals surface area contributed by atoms with E-state index in [0.29, 0.717) is 6.04 Å². The van der Waals surface area contributed by atoms with Crippen molar-refractivity contribution in [3.63, 3.8) is 0 Å². The molecule has 0 fully saturated rings. The highest BCUT2D eigenvalue weighted by Crippen LogP contribution is 2.29. The Balaban J connectivity index is 1.91. The maximum Gasteiger partial charge on any atom is 0.0850 e. The third kappa shape index (κ3) is 2.36. The summed E-state index contributed by atoms with van der Waals surface area (Å²) in [6, 6.07) is 9.01. The molecule has 0 saturated heterocycles. The highest BCUT2D eigenvalue weighted by atomic mass is 35.5. The van der Waals surface area contributed by atoms with Gasteiger partial charge in [0.2, 0.25) is 0 Å². The van der Waals surface area contributed by atoms with Crippen molar-refractivity contribution in [2.24, 2.45) is 7.05 Å². The van der Waals surface area contributed by atoms with Gasteiger partial charge in [-0.1, -0.05) is 42.8 Å². The summed E-state index contributed by atoms with van der Waals surface area (Å²) in [4.78, 5) is 0. The molecule has 4 heteroatoms. The van der Waals surface area contributed by atoms with Crippen molar-refractivity contribution in [3.8, 4) is 0 Å². The van der Waals surface area contributed by atoms with Gasteiger partial charge in [-0.2, -0.15) is 5.10 Å². The van der Waals surface area contributed by atoms with Crippen molar-refractivity contribution >= 4 is 11.6 Å². The minimum Gasteiger partial charge on any atom is -0.309 e. The lowest BCUT2D eigenvalue weighted by Crippen LogP contribution is -2.31. The fourth-order valence-electron chi connectivity index (χ4n) is 3.01. The minimum atomic E-state index is 0.331. The Morgan fingerprint density at radius 3 is 2.95 bits per heavy atom. The number of hydrogen-bond donors (Lipinski definition) is 1. The number of nitrogens with zero attached hydrogens (tertiary/aromatic N) is 2. The first-order valence-corrected chi connectivity index (χ1v) is 7.60. The molecule has 2 aromatic rings. The molecule has 1 N–H and O–H groups in total. The van der Waals surface area contributed by atoms with E-state index >= 15 is 0 Å². The van der Waals surface area contributed by atoms with Gasteiger partial charge in [-0.25, -0.2) is 0 Å². The van der Waals surface area contributed by atoms with Crippen LogP contribution in [0.25, 0.3) is 0 Å². The van der Waals surface area contributed by atoms with Gasteiger partial charge in [0.15, 0.2) is 0 Å². The third-order valence-electron chi connectivity index (χ3n) is 4.12. The smallest absolute Gasteiger partial charge is 0.0850 e. The first kappa shape index (κ1) is 13.7. The molecule has 1 unspecified atom stereocenters. The van der Waals surface area contributed by atoms with Crippen LogP contribution in [0.1, 0.15) is 35.5 Å². The van der Waals surface area contributed by atoms with Gasteiger partial charge in [-0.3, -0.25) is 4.68 Å². The van der Waals surface area contributed by atoms with Gasteiger partial charge in [0, 0.05) is 19.5 Å². The summed E-state index contributed by atoms with van der Waals surface area (Å²) in [5.41, 5.74) is 4.96. The van der Waals surface area contributed by atoms with Crippen LogP contribution in [0.15, 0.2) is 24.3 Å². The second-order valence-corrected chi connectivity index (χ2v) is 5.72. The van der Waals surface area contributed by atoms with E-state index in [1.54, 1.807) is 0 Å². The number of rotatable bonds is 3. The average molecular weight is 290 g/mol. The minimum absolute atomic E-state index is 0.331. The lowest BCUT2D eigenvalue weighted by atomic mass is 9.91. The molecule has 1 aromatic heterocycles. The van der Waals surface area contributed by atoms with Crippen LogP contribution < -0.4 is 5.32 Å². The standard InChI is InChI=1S/C16H20ClN3/c1-3-13-16(17)15(20(2)19-13)10-14-12-7-5-4-6-11(12)8-9-18-14/h4-7,14,18H,3,8-10H2,1-2H3. The van der Waals surface area contributed by atoms with E-state index in [0.717, 1.165) is 42.2 Å². The molecule has 0 radical (unpaired) electrons. The molecule has 106 valence electrons. The Morgan fingerprint density at radius 1 is 1.40 bits per heavy atom. The highest BCUT2D eigenvalue weighted by molar-refractivity contribution is 6.31. The lowest BCUT2D eigenvalue weighted by molar-refractivity contribution is 0.488. The number of aryl methyl sites for hydroxylation is 2. The van der Waals surface area contributed by atoms with E-state index in [1.807, 2.05) is 11.7 Å². The maximum atomic E-state index is 6.46. The summed E-state index contributed by atoms with van der Waals surface area (Å²) in [7, 11) is 1.98. The number of nitrogens with one attached hydrogen (secondary N) is 1. The van der Waals surface area contributed by atoms with Gasteiger partial charge in [0.25, 0.3) is 0 Å². The average Bonchev–Trinajstić information content (AvgIpc) is 2.75. The predicted molar refractivity (Wildman–Crippen MR) is 82.2 cm³/mol. The van der Waals surface area contributed by atoms with Gasteiger partial charge in [-0.15, -0.1) is 0 Å². The van der Waals surface area contributed by atoms with Gasteiger partial charge < -0.3 is 5.32 Å². The quantitative estimate of drug-likeness (QED) is 0.941. The predicted octanol–water partition coefficient (Wildman–Crippen LogP) is 3.07. The number of hydrogen-bond acceptors (Lipinski definition) is 2. The monoisotopic (exact) mass is 289 g/mol. The first-order valence-electron chi connectivity index (χ1n) is 7.22. The molecule has 0 spiro atoms. The van der Waals surface area contributed by atoms with Crippen LogP contribution in [0.2, 0.25) is 5.02 Å². The molecule has 0 aliphatic carbocycles. The summed E-state index contributed by atoms with van der Waals surface area (Å²) < 4.78 is 1.93. The molecule has 0 bridgehead atoms. The molecule has 20 heavy (non-hydrogen) atoms. The summed E-state index contributed by atoms with van der Waals surface area (Å²) >= 11 is 6.46. The van der Waals surface area contributed by atoms with Gasteiger partial charge in [0.05, 0.1) is 16.4 Å². The summed E-state index contributed by atoms with van der Waals surface area (Å²) in [5, 5.41) is 8.95. The van der Waals surface area contributed by atoms with Crippen molar-refractivity contribution in [3.05, 3.63) is 51.8 Å². The number of aromatic nitrogens is 2. The molecule has 3 rings (SSSR count). The van der Waals surface area contributed by atoms with Crippen molar-refractivity contribution in [2.45, 2.75) is 32.2 Å². The van der Waals surface area contributed by atoms with E-state index in [9.17, 15) is 0 Å². The van der Waals surface area contributed by atoms with E-state index in [4.69, 9.17) is 11.6 Å². The SMILES string of the molecule is CCc1nn(C)c(CC2NCCc3ccccc32)c1Cl. The maximum absolute atomic E-state index is 6.46. The second-order valence-electron chi connectivity index (χ2n) is 5.34. The van der Waals surface area contributed by atoms with E-state index < -0.39 is 0 Å². The molecule has 3 nitrogen and oxygen atoms in total. The normalized spacial score (nSPS) is 18.1. The van der Waals surface area contributed by atoms with Crippen LogP contribution in [0.5, 0.6) is 0 Å². The molecular weight excluding hydrogens is 270 g/mol. The molecule has 1 aromatic carbocycles. The molecule has 1 aliphatic rings. The van der Waals surface area contributed by atoms with E-state index in [-0.39, 0.29) is 0 Å². The summed E-state index contributed by atoms with van der Waals surface area (Å²) in [5.74, 6) is 0. The van der Waals surface area contributed by atoms with Crippen LogP contribution >= 0.6 is 11.6 Å². The van der Waals surface area contributed by atoms with E-state index in [2.05, 4.69) is 41.6 Å². The van der Waals surface area contributed by atoms with Gasteiger partial charge in [0.1, 0.15) is 0 Å². The molecule has 1 aliphatic heterocycles. The Kier molecular flexibility index (Phi) is 3.81. The third-order valence-corrected chi connectivity index (χ3v) is 4.55. The topological polar surface area (TPSA) is 29.9 Å². The first-order chi connectivity index (χ1) is 9.70. The van der Waals surface area contributed by atoms with Gasteiger partial charge in [-0.05, 0) is 30.5 Å². The zero-order valence-electron chi connectivity index (χ0n) is 12.0. The number of fused-ring (bicyclic) bond motifs is 1. The molecule has 2 heterocycles. The Morgan fingerprint density at radius 2 is 2.20 bits per heavy atom. The summed E-state index contributed by atoms with van der Waals surface area (Å²) in [6.45, 7) is 3.12. The molecular formula is C16H20ClN3. The fourth-order valence-corrected chi connectivity index (χ4v) is 3.38. The number of benzene rings is 1. The number of halogens is 1. The Hall–Kier alpha value is -1.32. The van der Waals surface area contributed by atoms with Crippen molar-refractivity contribution in [2.75, 3.05) is 6.54 Å². The Labute approximate surface area is 124 Å². The summed E-state index contributed by atoms with van der Waals surface area (Å²) in [6.07, 6.45) is 2.87. The van der Waals surface area contributed by atoms with Crippen molar-refractivity contribution < 1.29 is 0 Å². The lowest BCUT2D eigenvalue weighted by Gasteiger charge is -2.27. The van der Waals surface area contributed by atoms with Crippen LogP contribution in [-0.4, -0.2) is 16.3 Å². The largest absolute Gasteiger partial charge is 0.309 e. The van der Waals surface area contributed by atoms with Crippen LogP contribution in [-0.2, 0) is 26.3 Å². The molecule has 0 saturated carbocycles.